The van der Waals surface area contributed by atoms with E-state index < -0.39 is 0 Å². The van der Waals surface area contributed by atoms with Crippen molar-refractivity contribution < 1.29 is 9.18 Å². The first-order valence-electron chi connectivity index (χ1n) is 10.6. The Bertz CT molecular complexity index is 843. The van der Waals surface area contributed by atoms with Crippen molar-refractivity contribution in [1.29, 1.82) is 0 Å². The van der Waals surface area contributed by atoms with E-state index in [2.05, 4.69) is 63.8 Å². The molecular formula is C25H33FN2OS. The lowest BCUT2D eigenvalue weighted by Crippen LogP contribution is -2.42. The standard InChI is InChI=1S/C25H33FN2OS/c1-18(2)27(16-19-6-10-21(11-7-19)25(3,4)5)17-23(29)28-14-15-30-24(28)20-8-12-22(26)13-9-20/h6-13,18,24H,14-17H2,1-5H3/t24-/m0/s1. The smallest absolute Gasteiger partial charge is 0.237 e. The van der Waals surface area contributed by atoms with E-state index in [1.54, 1.807) is 23.9 Å². The summed E-state index contributed by atoms with van der Waals surface area (Å²) in [4.78, 5) is 17.3. The van der Waals surface area contributed by atoms with E-state index in [1.165, 1.54) is 23.3 Å². The summed E-state index contributed by atoms with van der Waals surface area (Å²) in [6.07, 6.45) is 0. The van der Waals surface area contributed by atoms with Gasteiger partial charge in [0.2, 0.25) is 5.91 Å². The van der Waals surface area contributed by atoms with Crippen molar-refractivity contribution in [2.45, 2.75) is 58.0 Å². The third-order valence-corrected chi connectivity index (χ3v) is 6.90. The first-order chi connectivity index (χ1) is 14.1. The van der Waals surface area contributed by atoms with Crippen molar-refractivity contribution in [3.8, 4) is 0 Å². The molecule has 0 N–H and O–H groups in total. The van der Waals surface area contributed by atoms with Gasteiger partial charge in [0.1, 0.15) is 11.2 Å². The minimum Gasteiger partial charge on any atom is -0.325 e. The predicted molar refractivity (Wildman–Crippen MR) is 124 cm³/mol. The number of nitrogens with zero attached hydrogens (tertiary/aromatic N) is 2. The van der Waals surface area contributed by atoms with Gasteiger partial charge in [-0.2, -0.15) is 0 Å². The van der Waals surface area contributed by atoms with E-state index in [-0.39, 0.29) is 28.6 Å². The number of thioether (sulfide) groups is 1. The highest BCUT2D eigenvalue weighted by molar-refractivity contribution is 7.99. The van der Waals surface area contributed by atoms with Gasteiger partial charge >= 0.3 is 0 Å². The number of halogens is 1. The zero-order valence-electron chi connectivity index (χ0n) is 18.7. The van der Waals surface area contributed by atoms with Gasteiger partial charge in [0.05, 0.1) is 6.54 Å². The third-order valence-electron chi connectivity index (χ3n) is 5.64. The minimum atomic E-state index is -0.247. The summed E-state index contributed by atoms with van der Waals surface area (Å²) in [5.41, 5.74) is 3.65. The van der Waals surface area contributed by atoms with Gasteiger partial charge in [-0.05, 0) is 48.1 Å². The number of amides is 1. The number of carbonyl (C=O) groups excluding carboxylic acids is 1. The van der Waals surface area contributed by atoms with E-state index in [4.69, 9.17) is 0 Å². The van der Waals surface area contributed by atoms with Crippen molar-refractivity contribution >= 4 is 17.7 Å². The van der Waals surface area contributed by atoms with Crippen LogP contribution >= 0.6 is 11.8 Å². The fourth-order valence-corrected chi connectivity index (χ4v) is 4.94. The maximum absolute atomic E-state index is 13.3. The van der Waals surface area contributed by atoms with Crippen molar-refractivity contribution in [2.24, 2.45) is 0 Å². The quantitative estimate of drug-likeness (QED) is 0.598. The molecule has 2 aromatic carbocycles. The fourth-order valence-electron chi connectivity index (χ4n) is 3.66. The summed E-state index contributed by atoms with van der Waals surface area (Å²) in [7, 11) is 0. The van der Waals surface area contributed by atoms with Crippen molar-refractivity contribution in [3.05, 3.63) is 71.0 Å². The molecule has 0 aliphatic carbocycles. The largest absolute Gasteiger partial charge is 0.325 e. The molecule has 1 amide bonds. The summed E-state index contributed by atoms with van der Waals surface area (Å²) in [6, 6.07) is 15.5. The average Bonchev–Trinajstić information content (AvgIpc) is 3.17. The van der Waals surface area contributed by atoms with Gasteiger partial charge in [-0.1, -0.05) is 57.2 Å². The molecular weight excluding hydrogens is 395 g/mol. The molecule has 3 nitrogen and oxygen atoms in total. The number of hydrogen-bond donors (Lipinski definition) is 0. The number of hydrogen-bond acceptors (Lipinski definition) is 3. The average molecular weight is 429 g/mol. The number of benzene rings is 2. The molecule has 1 aliphatic heterocycles. The Morgan fingerprint density at radius 3 is 2.33 bits per heavy atom. The van der Waals surface area contributed by atoms with Crippen LogP contribution in [0.25, 0.3) is 0 Å². The Labute approximate surface area is 184 Å². The van der Waals surface area contributed by atoms with Crippen LogP contribution in [0.1, 0.15) is 56.7 Å². The van der Waals surface area contributed by atoms with Crippen LogP contribution in [-0.4, -0.2) is 40.6 Å². The van der Waals surface area contributed by atoms with Crippen LogP contribution in [0, 0.1) is 5.82 Å². The molecule has 1 atom stereocenters. The molecule has 1 aliphatic rings. The second kappa shape index (κ2) is 9.52. The van der Waals surface area contributed by atoms with Crippen LogP contribution in [0.15, 0.2) is 48.5 Å². The molecule has 1 fully saturated rings. The molecule has 1 heterocycles. The highest BCUT2D eigenvalue weighted by Crippen LogP contribution is 2.38. The Morgan fingerprint density at radius 1 is 1.13 bits per heavy atom. The minimum absolute atomic E-state index is 0.0295. The zero-order valence-corrected chi connectivity index (χ0v) is 19.5. The Morgan fingerprint density at radius 2 is 1.77 bits per heavy atom. The van der Waals surface area contributed by atoms with Crippen molar-refractivity contribution in [2.75, 3.05) is 18.8 Å². The Kier molecular flexibility index (Phi) is 7.25. The Hall–Kier alpha value is -1.85. The monoisotopic (exact) mass is 428 g/mol. The maximum atomic E-state index is 13.3. The van der Waals surface area contributed by atoms with E-state index in [1.807, 2.05) is 4.90 Å². The molecule has 0 spiro atoms. The van der Waals surface area contributed by atoms with Gasteiger partial charge in [-0.15, -0.1) is 11.8 Å². The zero-order chi connectivity index (χ0) is 21.9. The molecule has 0 unspecified atom stereocenters. The van der Waals surface area contributed by atoms with Gasteiger partial charge < -0.3 is 4.90 Å². The number of carbonyl (C=O) groups is 1. The van der Waals surface area contributed by atoms with Gasteiger partial charge in [-0.3, -0.25) is 9.69 Å². The van der Waals surface area contributed by atoms with E-state index >= 15 is 0 Å². The fraction of sp³-hybridized carbons (Fsp3) is 0.480. The lowest BCUT2D eigenvalue weighted by atomic mass is 9.87. The summed E-state index contributed by atoms with van der Waals surface area (Å²) < 4.78 is 13.3. The summed E-state index contributed by atoms with van der Waals surface area (Å²) in [6.45, 7) is 12.8. The first kappa shape index (κ1) is 22.8. The molecule has 0 radical (unpaired) electrons. The Balaban J connectivity index is 1.68. The van der Waals surface area contributed by atoms with Crippen molar-refractivity contribution in [3.63, 3.8) is 0 Å². The van der Waals surface area contributed by atoms with Gasteiger partial charge in [0.25, 0.3) is 0 Å². The van der Waals surface area contributed by atoms with E-state index in [9.17, 15) is 9.18 Å². The highest BCUT2D eigenvalue weighted by atomic mass is 32.2. The molecule has 3 rings (SSSR count). The van der Waals surface area contributed by atoms with Crippen LogP contribution in [0.2, 0.25) is 0 Å². The van der Waals surface area contributed by atoms with Crippen LogP contribution in [0.3, 0.4) is 0 Å². The molecule has 1 saturated heterocycles. The molecule has 0 bridgehead atoms. The van der Waals surface area contributed by atoms with Crippen LogP contribution in [-0.2, 0) is 16.8 Å². The van der Waals surface area contributed by atoms with Crippen LogP contribution in [0.4, 0.5) is 4.39 Å². The lowest BCUT2D eigenvalue weighted by molar-refractivity contribution is -0.133. The first-order valence-corrected chi connectivity index (χ1v) is 11.7. The van der Waals surface area contributed by atoms with E-state index in [0.717, 1.165) is 24.4 Å². The van der Waals surface area contributed by atoms with Crippen LogP contribution in [0.5, 0.6) is 0 Å². The maximum Gasteiger partial charge on any atom is 0.237 e. The molecule has 30 heavy (non-hydrogen) atoms. The van der Waals surface area contributed by atoms with Gasteiger partial charge in [-0.25, -0.2) is 4.39 Å². The second-order valence-corrected chi connectivity index (χ2v) is 10.5. The molecule has 162 valence electrons. The second-order valence-electron chi connectivity index (χ2n) is 9.31. The summed E-state index contributed by atoms with van der Waals surface area (Å²) in [5.74, 6) is 0.793. The summed E-state index contributed by atoms with van der Waals surface area (Å²) >= 11 is 1.75. The summed E-state index contributed by atoms with van der Waals surface area (Å²) in [5, 5.41) is -0.0295. The molecule has 0 aromatic heterocycles. The molecule has 0 saturated carbocycles. The lowest BCUT2D eigenvalue weighted by Gasteiger charge is -2.30. The number of rotatable bonds is 6. The highest BCUT2D eigenvalue weighted by Gasteiger charge is 2.31. The van der Waals surface area contributed by atoms with Crippen molar-refractivity contribution in [1.82, 2.24) is 9.80 Å². The normalized spacial score (nSPS) is 17.2. The predicted octanol–water partition coefficient (Wildman–Crippen LogP) is 5.61. The van der Waals surface area contributed by atoms with Gasteiger partial charge in [0.15, 0.2) is 0 Å². The SMILES string of the molecule is CC(C)N(CC(=O)N1CCS[C@H]1c1ccc(F)cc1)Cc1ccc(C(C)(C)C)cc1. The van der Waals surface area contributed by atoms with Crippen LogP contribution < -0.4 is 0 Å². The van der Waals surface area contributed by atoms with Gasteiger partial charge in [0, 0.05) is 24.9 Å². The van der Waals surface area contributed by atoms with E-state index in [0.29, 0.717) is 6.54 Å². The topological polar surface area (TPSA) is 23.6 Å². The third kappa shape index (κ3) is 5.64. The molecule has 5 heteroatoms. The molecule has 2 aromatic rings.